The first-order valence-corrected chi connectivity index (χ1v) is 7.86. The second-order valence-electron chi connectivity index (χ2n) is 6.42. The summed E-state index contributed by atoms with van der Waals surface area (Å²) in [4.78, 5) is 11.6. The van der Waals surface area contributed by atoms with E-state index in [9.17, 15) is 14.3 Å². The van der Waals surface area contributed by atoms with Gasteiger partial charge in [0.15, 0.2) is 0 Å². The molecule has 1 N–H and O–H groups in total. The number of aliphatic carboxylic acids is 1. The maximum atomic E-state index is 14.5. The fourth-order valence-corrected chi connectivity index (χ4v) is 3.43. The molecule has 1 aliphatic carbocycles. The van der Waals surface area contributed by atoms with Crippen molar-refractivity contribution < 1.29 is 14.3 Å². The van der Waals surface area contributed by atoms with Crippen molar-refractivity contribution in [2.24, 2.45) is 26.6 Å². The predicted octanol–water partition coefficient (Wildman–Crippen LogP) is 4.58. The number of hydrogen-bond donors (Lipinski definition) is 1. The number of carboxylic acids is 1. The van der Waals surface area contributed by atoms with Gasteiger partial charge in [0.1, 0.15) is 5.82 Å². The zero-order valence-electron chi connectivity index (χ0n) is 12.9. The summed E-state index contributed by atoms with van der Waals surface area (Å²) in [5.74, 6) is -1.70. The number of benzene rings is 1. The first-order chi connectivity index (χ1) is 11.0. The summed E-state index contributed by atoms with van der Waals surface area (Å²) >= 11 is 0. The molecule has 0 radical (unpaired) electrons. The second-order valence-corrected chi connectivity index (χ2v) is 6.42. The van der Waals surface area contributed by atoms with Crippen LogP contribution in [0.2, 0.25) is 0 Å². The Morgan fingerprint density at radius 3 is 2.57 bits per heavy atom. The summed E-state index contributed by atoms with van der Waals surface area (Å²) in [5, 5.41) is 24.0. The Bertz CT molecular complexity index is 656. The van der Waals surface area contributed by atoms with Crippen molar-refractivity contribution in [3.05, 3.63) is 35.1 Å². The lowest BCUT2D eigenvalue weighted by Crippen LogP contribution is -2.18. The van der Waals surface area contributed by atoms with Gasteiger partial charge in [-0.1, -0.05) is 37.8 Å². The molecule has 0 bridgehead atoms. The molecule has 0 amide bonds. The molecule has 1 aromatic rings. The van der Waals surface area contributed by atoms with Crippen LogP contribution < -0.4 is 0 Å². The van der Waals surface area contributed by atoms with E-state index in [2.05, 4.69) is 20.7 Å². The summed E-state index contributed by atoms with van der Waals surface area (Å²) in [7, 11) is 0. The molecule has 0 aromatic heterocycles. The van der Waals surface area contributed by atoms with Crippen molar-refractivity contribution in [2.45, 2.75) is 50.6 Å². The summed E-state index contributed by atoms with van der Waals surface area (Å²) in [6, 6.07) is 4.48. The third-order valence-corrected chi connectivity index (χ3v) is 4.77. The molecule has 1 aliphatic heterocycles. The van der Waals surface area contributed by atoms with Crippen molar-refractivity contribution in [2.75, 3.05) is 0 Å². The topological polar surface area (TPSA) is 86.7 Å². The normalized spacial score (nSPS) is 21.0. The fraction of sp³-hybridized carbons (Fsp3) is 0.562. The highest BCUT2D eigenvalue weighted by molar-refractivity contribution is 5.76. The molecule has 122 valence electrons. The van der Waals surface area contributed by atoms with Gasteiger partial charge < -0.3 is 5.11 Å². The van der Waals surface area contributed by atoms with Crippen LogP contribution in [0.4, 0.5) is 4.39 Å². The summed E-state index contributed by atoms with van der Waals surface area (Å²) in [6.45, 7) is 1.61. The average Bonchev–Trinajstić information content (AvgIpc) is 3.16. The third kappa shape index (κ3) is 3.13. The van der Waals surface area contributed by atoms with E-state index in [0.29, 0.717) is 17.9 Å². The van der Waals surface area contributed by atoms with E-state index in [1.807, 2.05) is 0 Å². The highest BCUT2D eigenvalue weighted by Crippen LogP contribution is 2.37. The minimum Gasteiger partial charge on any atom is -0.481 e. The molecule has 23 heavy (non-hydrogen) atoms. The third-order valence-electron chi connectivity index (χ3n) is 4.77. The first-order valence-electron chi connectivity index (χ1n) is 7.86. The van der Waals surface area contributed by atoms with Crippen LogP contribution >= 0.6 is 0 Å². The minimum atomic E-state index is -1.16. The molecule has 7 heteroatoms. The zero-order chi connectivity index (χ0) is 16.4. The van der Waals surface area contributed by atoms with Gasteiger partial charge in [-0.25, -0.2) is 4.39 Å². The molecule has 0 saturated heterocycles. The molecule has 1 aromatic carbocycles. The lowest BCUT2D eigenvalue weighted by atomic mass is 9.87. The van der Waals surface area contributed by atoms with Crippen molar-refractivity contribution in [1.82, 2.24) is 0 Å². The van der Waals surface area contributed by atoms with E-state index < -0.39 is 23.4 Å². The number of halogens is 1. The van der Waals surface area contributed by atoms with Crippen LogP contribution in [0.5, 0.6) is 0 Å². The fourth-order valence-electron chi connectivity index (χ4n) is 3.43. The molecule has 1 saturated carbocycles. The Labute approximate surface area is 133 Å². The van der Waals surface area contributed by atoms with E-state index in [0.717, 1.165) is 25.7 Å². The smallest absolute Gasteiger partial charge is 0.310 e. The maximum absolute atomic E-state index is 14.5. The highest BCUT2D eigenvalue weighted by atomic mass is 19.1. The molecule has 1 fully saturated rings. The molecule has 1 unspecified atom stereocenters. The van der Waals surface area contributed by atoms with Crippen molar-refractivity contribution in [3.63, 3.8) is 0 Å². The second kappa shape index (κ2) is 6.14. The van der Waals surface area contributed by atoms with Crippen LogP contribution in [-0.2, 0) is 10.5 Å². The maximum Gasteiger partial charge on any atom is 0.310 e. The van der Waals surface area contributed by atoms with Crippen LogP contribution in [0.25, 0.3) is 0 Å². The lowest BCUT2D eigenvalue weighted by molar-refractivity contribution is -0.139. The number of hydrogen-bond acceptors (Lipinski definition) is 5. The van der Waals surface area contributed by atoms with E-state index >= 15 is 0 Å². The van der Waals surface area contributed by atoms with Crippen LogP contribution in [0.3, 0.4) is 0 Å². The number of rotatable bonds is 5. The van der Waals surface area contributed by atoms with Gasteiger partial charge in [-0.15, -0.1) is 10.2 Å². The highest BCUT2D eigenvalue weighted by Gasteiger charge is 2.34. The Morgan fingerprint density at radius 2 is 2.00 bits per heavy atom. The quantitative estimate of drug-likeness (QED) is 0.861. The number of carboxylic acid groups (broad SMARTS) is 1. The van der Waals surface area contributed by atoms with Crippen LogP contribution in [0.15, 0.2) is 38.9 Å². The molecule has 3 rings (SSSR count). The molecule has 1 atom stereocenters. The first kappa shape index (κ1) is 15.7. The van der Waals surface area contributed by atoms with Crippen LogP contribution in [0.1, 0.15) is 56.1 Å². The molecule has 6 nitrogen and oxygen atoms in total. The van der Waals surface area contributed by atoms with Gasteiger partial charge in [-0.05, 0) is 41.3 Å². The van der Waals surface area contributed by atoms with Gasteiger partial charge in [0, 0.05) is 5.56 Å². The number of carbonyl (C=O) groups is 1. The monoisotopic (exact) mass is 318 g/mol. The van der Waals surface area contributed by atoms with Gasteiger partial charge >= 0.3 is 5.97 Å². The lowest BCUT2D eigenvalue weighted by Gasteiger charge is -2.20. The van der Waals surface area contributed by atoms with E-state index in [1.165, 1.54) is 6.07 Å². The largest absolute Gasteiger partial charge is 0.481 e. The Morgan fingerprint density at radius 1 is 1.35 bits per heavy atom. The average molecular weight is 318 g/mol. The Balaban J connectivity index is 1.86. The predicted molar refractivity (Wildman–Crippen MR) is 80.4 cm³/mol. The standard InChI is InChI=1S/C16H19FN4O2/c1-16(18-20-21-19-16)13-7-6-11(9-14(13)17)12(15(22)23)8-10-4-2-3-5-10/h6-7,9-10,12H,2-5,8H2,1H3,(H,22,23). The molecular weight excluding hydrogens is 299 g/mol. The summed E-state index contributed by atoms with van der Waals surface area (Å²) in [6.07, 6.45) is 4.98. The van der Waals surface area contributed by atoms with Crippen molar-refractivity contribution >= 4 is 5.97 Å². The summed E-state index contributed by atoms with van der Waals surface area (Å²) in [5.41, 5.74) is -0.426. The van der Waals surface area contributed by atoms with Gasteiger partial charge in [0.2, 0.25) is 5.66 Å². The van der Waals surface area contributed by atoms with Crippen LogP contribution in [-0.4, -0.2) is 11.1 Å². The summed E-state index contributed by atoms with van der Waals surface area (Å²) < 4.78 is 14.5. The van der Waals surface area contributed by atoms with Crippen molar-refractivity contribution in [1.29, 1.82) is 0 Å². The minimum absolute atomic E-state index is 0.247. The van der Waals surface area contributed by atoms with E-state index in [-0.39, 0.29) is 5.56 Å². The zero-order valence-corrected chi connectivity index (χ0v) is 12.9. The molecule has 1 heterocycles. The van der Waals surface area contributed by atoms with E-state index in [1.54, 1.807) is 19.1 Å². The van der Waals surface area contributed by atoms with Crippen LogP contribution in [0, 0.1) is 11.7 Å². The Kier molecular flexibility index (Phi) is 4.19. The van der Waals surface area contributed by atoms with Gasteiger partial charge in [0.25, 0.3) is 0 Å². The SMILES string of the molecule is CC1(c2ccc(C(CC3CCCC3)C(=O)O)cc2F)N=NN=N1. The van der Waals surface area contributed by atoms with Gasteiger partial charge in [-0.2, -0.15) is 0 Å². The molecule has 2 aliphatic rings. The van der Waals surface area contributed by atoms with Gasteiger partial charge in [-0.3, -0.25) is 4.79 Å². The van der Waals surface area contributed by atoms with Crippen molar-refractivity contribution in [3.8, 4) is 0 Å². The van der Waals surface area contributed by atoms with E-state index in [4.69, 9.17) is 0 Å². The Hall–Kier alpha value is -2.18. The number of nitrogens with zero attached hydrogens (tertiary/aromatic N) is 4. The molecular formula is C16H19FN4O2. The van der Waals surface area contributed by atoms with Gasteiger partial charge in [0.05, 0.1) is 5.92 Å². The molecule has 0 spiro atoms.